The van der Waals surface area contributed by atoms with Crippen molar-refractivity contribution in [1.29, 1.82) is 0 Å². The maximum absolute atomic E-state index is 12.0. The maximum Gasteiger partial charge on any atom is 0.335 e. The molecule has 0 aromatic heterocycles. The highest BCUT2D eigenvalue weighted by atomic mass is 79.9. The van der Waals surface area contributed by atoms with Crippen molar-refractivity contribution < 1.29 is 14.7 Å². The first-order valence-electron chi connectivity index (χ1n) is 6.57. The molecule has 0 spiro atoms. The van der Waals surface area contributed by atoms with Gasteiger partial charge >= 0.3 is 5.97 Å². The lowest BCUT2D eigenvalue weighted by Crippen LogP contribution is -2.14. The number of carbonyl (C=O) groups is 2. The molecule has 0 saturated heterocycles. The number of nitrogens with one attached hydrogen (secondary N) is 1. The van der Waals surface area contributed by atoms with E-state index in [0.717, 1.165) is 19.3 Å². The Labute approximate surface area is 126 Å². The van der Waals surface area contributed by atoms with Crippen molar-refractivity contribution in [1.82, 2.24) is 0 Å². The van der Waals surface area contributed by atoms with Crippen LogP contribution >= 0.6 is 15.9 Å². The van der Waals surface area contributed by atoms with Crippen LogP contribution in [0.1, 0.15) is 42.5 Å². The average molecular weight is 338 g/mol. The number of rotatable bonds is 4. The molecule has 0 radical (unpaired) electrons. The van der Waals surface area contributed by atoms with E-state index in [9.17, 15) is 9.59 Å². The van der Waals surface area contributed by atoms with Crippen LogP contribution < -0.4 is 5.32 Å². The Balaban J connectivity index is 2.05. The lowest BCUT2D eigenvalue weighted by Gasteiger charge is -2.13. The Kier molecular flexibility index (Phi) is 4.95. The second-order valence-corrected chi connectivity index (χ2v) is 5.69. The molecular weight excluding hydrogens is 322 g/mol. The van der Waals surface area contributed by atoms with E-state index >= 15 is 0 Å². The Morgan fingerprint density at radius 1 is 1.30 bits per heavy atom. The largest absolute Gasteiger partial charge is 0.478 e. The zero-order chi connectivity index (χ0) is 14.5. The first-order valence-corrected chi connectivity index (χ1v) is 7.36. The van der Waals surface area contributed by atoms with Gasteiger partial charge in [0.05, 0.1) is 11.3 Å². The highest BCUT2D eigenvalue weighted by Crippen LogP contribution is 2.25. The summed E-state index contributed by atoms with van der Waals surface area (Å²) in [4.78, 5) is 22.9. The number of carbonyl (C=O) groups excluding carboxylic acids is 1. The SMILES string of the molecule is O=C(CC1=CCCCC1)Nc1cc(C(=O)O)ccc1Br. The van der Waals surface area contributed by atoms with Gasteiger partial charge in [-0.3, -0.25) is 4.79 Å². The molecule has 4 nitrogen and oxygen atoms in total. The molecule has 0 aliphatic heterocycles. The highest BCUT2D eigenvalue weighted by molar-refractivity contribution is 9.10. The number of benzene rings is 1. The zero-order valence-corrected chi connectivity index (χ0v) is 12.6. The lowest BCUT2D eigenvalue weighted by atomic mass is 9.97. The second-order valence-electron chi connectivity index (χ2n) is 4.83. The van der Waals surface area contributed by atoms with Gasteiger partial charge < -0.3 is 10.4 Å². The van der Waals surface area contributed by atoms with Gasteiger partial charge in [-0.25, -0.2) is 4.79 Å². The first-order chi connectivity index (χ1) is 9.56. The van der Waals surface area contributed by atoms with Crippen LogP contribution in [0.15, 0.2) is 34.3 Å². The van der Waals surface area contributed by atoms with Crippen LogP contribution in [0.2, 0.25) is 0 Å². The van der Waals surface area contributed by atoms with Crippen LogP contribution in [-0.2, 0) is 4.79 Å². The van der Waals surface area contributed by atoms with Crippen LogP contribution in [0.3, 0.4) is 0 Å². The number of carboxylic acid groups (broad SMARTS) is 1. The molecule has 1 aromatic rings. The normalized spacial score (nSPS) is 14.6. The minimum Gasteiger partial charge on any atom is -0.478 e. The first kappa shape index (κ1) is 14.8. The molecule has 1 aromatic carbocycles. The van der Waals surface area contributed by atoms with Crippen LogP contribution in [0.4, 0.5) is 5.69 Å². The van der Waals surface area contributed by atoms with Crippen molar-refractivity contribution in [3.63, 3.8) is 0 Å². The number of hydrogen-bond donors (Lipinski definition) is 2. The number of aromatic carboxylic acids is 1. The monoisotopic (exact) mass is 337 g/mol. The summed E-state index contributed by atoms with van der Waals surface area (Å²) in [5, 5.41) is 11.7. The third kappa shape index (κ3) is 3.93. The summed E-state index contributed by atoms with van der Waals surface area (Å²) >= 11 is 3.31. The van der Waals surface area contributed by atoms with Crippen molar-refractivity contribution in [2.45, 2.75) is 32.1 Å². The van der Waals surface area contributed by atoms with E-state index in [-0.39, 0.29) is 11.5 Å². The summed E-state index contributed by atoms with van der Waals surface area (Å²) in [6, 6.07) is 4.57. The zero-order valence-electron chi connectivity index (χ0n) is 11.0. The Bertz CT molecular complexity index is 566. The summed E-state index contributed by atoms with van der Waals surface area (Å²) in [5.74, 6) is -1.12. The van der Waals surface area contributed by atoms with Crippen molar-refractivity contribution in [2.24, 2.45) is 0 Å². The van der Waals surface area contributed by atoms with Crippen molar-refractivity contribution in [3.05, 3.63) is 39.9 Å². The van der Waals surface area contributed by atoms with Gasteiger partial charge in [0, 0.05) is 10.9 Å². The van der Waals surface area contributed by atoms with Crippen LogP contribution in [-0.4, -0.2) is 17.0 Å². The lowest BCUT2D eigenvalue weighted by molar-refractivity contribution is -0.115. The van der Waals surface area contributed by atoms with Crippen LogP contribution in [0.25, 0.3) is 0 Å². The predicted molar refractivity (Wildman–Crippen MR) is 80.9 cm³/mol. The smallest absolute Gasteiger partial charge is 0.335 e. The molecule has 1 aliphatic carbocycles. The van der Waals surface area contributed by atoms with Gasteiger partial charge in [0.15, 0.2) is 0 Å². The quantitative estimate of drug-likeness (QED) is 0.816. The van der Waals surface area contributed by atoms with Crippen LogP contribution in [0.5, 0.6) is 0 Å². The Morgan fingerprint density at radius 3 is 2.75 bits per heavy atom. The average Bonchev–Trinajstić information content (AvgIpc) is 2.42. The van der Waals surface area contributed by atoms with E-state index in [1.807, 2.05) is 0 Å². The van der Waals surface area contributed by atoms with E-state index in [1.165, 1.54) is 24.1 Å². The van der Waals surface area contributed by atoms with Crippen LogP contribution in [0, 0.1) is 0 Å². The minimum absolute atomic E-state index is 0.110. The molecule has 1 amide bonds. The van der Waals surface area contributed by atoms with Gasteiger partial charge in [0.1, 0.15) is 0 Å². The molecular formula is C15H16BrNO3. The summed E-state index contributed by atoms with van der Waals surface area (Å²) < 4.78 is 0.675. The van der Waals surface area contributed by atoms with E-state index < -0.39 is 5.97 Å². The number of amides is 1. The molecule has 0 fully saturated rings. The van der Waals surface area contributed by atoms with Gasteiger partial charge in [-0.1, -0.05) is 11.6 Å². The van der Waals surface area contributed by atoms with Crippen molar-refractivity contribution in [3.8, 4) is 0 Å². The third-order valence-corrected chi connectivity index (χ3v) is 3.95. The van der Waals surface area contributed by atoms with Gasteiger partial charge in [0.25, 0.3) is 0 Å². The van der Waals surface area contributed by atoms with Crippen molar-refractivity contribution >= 4 is 33.5 Å². The Morgan fingerprint density at radius 2 is 2.10 bits per heavy atom. The van der Waals surface area contributed by atoms with Gasteiger partial charge in [-0.05, 0) is 59.8 Å². The summed E-state index contributed by atoms with van der Waals surface area (Å²) in [6.45, 7) is 0. The molecule has 2 N–H and O–H groups in total. The number of anilines is 1. The summed E-state index contributed by atoms with van der Waals surface area (Å²) in [7, 11) is 0. The molecule has 5 heteroatoms. The number of carboxylic acids is 1. The van der Waals surface area contributed by atoms with Gasteiger partial charge in [0.2, 0.25) is 5.91 Å². The van der Waals surface area contributed by atoms with E-state index in [4.69, 9.17) is 5.11 Å². The predicted octanol–water partition coefficient (Wildman–Crippen LogP) is 3.98. The number of allylic oxidation sites excluding steroid dienone is 1. The summed E-state index contributed by atoms with van der Waals surface area (Å²) in [5.41, 5.74) is 1.81. The maximum atomic E-state index is 12.0. The third-order valence-electron chi connectivity index (χ3n) is 3.26. The molecule has 0 atom stereocenters. The fourth-order valence-electron chi connectivity index (χ4n) is 2.22. The van der Waals surface area contributed by atoms with E-state index in [2.05, 4.69) is 27.3 Å². The van der Waals surface area contributed by atoms with Gasteiger partial charge in [-0.2, -0.15) is 0 Å². The van der Waals surface area contributed by atoms with E-state index in [1.54, 1.807) is 6.07 Å². The molecule has 0 bridgehead atoms. The molecule has 1 aliphatic rings. The Hall–Kier alpha value is -1.62. The topological polar surface area (TPSA) is 66.4 Å². The minimum atomic E-state index is -1.01. The number of halogens is 1. The molecule has 0 saturated carbocycles. The fraction of sp³-hybridized carbons (Fsp3) is 0.333. The highest BCUT2D eigenvalue weighted by Gasteiger charge is 2.12. The molecule has 106 valence electrons. The second kappa shape index (κ2) is 6.70. The molecule has 0 heterocycles. The molecule has 2 rings (SSSR count). The van der Waals surface area contributed by atoms with Crippen molar-refractivity contribution in [2.75, 3.05) is 5.32 Å². The number of hydrogen-bond acceptors (Lipinski definition) is 2. The summed E-state index contributed by atoms with van der Waals surface area (Å²) in [6.07, 6.45) is 6.86. The molecule has 0 unspecified atom stereocenters. The van der Waals surface area contributed by atoms with E-state index in [0.29, 0.717) is 16.6 Å². The van der Waals surface area contributed by atoms with Gasteiger partial charge in [-0.15, -0.1) is 0 Å². The fourth-order valence-corrected chi connectivity index (χ4v) is 2.57. The standard InChI is InChI=1S/C15H16BrNO3/c16-12-7-6-11(15(19)20)9-13(12)17-14(18)8-10-4-2-1-3-5-10/h4,6-7,9H,1-3,5,8H2,(H,17,18)(H,19,20). The molecule has 20 heavy (non-hydrogen) atoms.